The van der Waals surface area contributed by atoms with E-state index in [2.05, 4.69) is 10.2 Å². The van der Waals surface area contributed by atoms with Crippen LogP contribution < -0.4 is 15.6 Å². The Balaban J connectivity index is 1.44. The molecule has 1 N–H and O–H groups in total. The summed E-state index contributed by atoms with van der Waals surface area (Å²) in [5.41, 5.74) is 2.61. The van der Waals surface area contributed by atoms with E-state index in [1.165, 1.54) is 36.9 Å². The van der Waals surface area contributed by atoms with E-state index >= 15 is 0 Å². The van der Waals surface area contributed by atoms with E-state index in [0.29, 0.717) is 16.5 Å². The summed E-state index contributed by atoms with van der Waals surface area (Å²) in [6, 6.07) is 14.9. The van der Waals surface area contributed by atoms with Crippen molar-refractivity contribution >= 4 is 34.3 Å². The molecule has 1 fully saturated rings. The summed E-state index contributed by atoms with van der Waals surface area (Å²) >= 11 is 0. The zero-order valence-electron chi connectivity index (χ0n) is 14.9. The third-order valence-corrected chi connectivity index (χ3v) is 4.73. The Morgan fingerprint density at radius 1 is 1.04 bits per heavy atom. The minimum atomic E-state index is -0.295. The Kier molecular flexibility index (Phi) is 4.75. The molecule has 0 aliphatic carbocycles. The van der Waals surface area contributed by atoms with Crippen LogP contribution in [-0.2, 0) is 4.79 Å². The van der Waals surface area contributed by atoms with Crippen molar-refractivity contribution in [2.45, 2.75) is 12.8 Å². The predicted octanol–water partition coefficient (Wildman–Crippen LogP) is 4.05. The van der Waals surface area contributed by atoms with Crippen LogP contribution in [-0.4, -0.2) is 19.0 Å². The molecule has 27 heavy (non-hydrogen) atoms. The van der Waals surface area contributed by atoms with Gasteiger partial charge in [0.2, 0.25) is 5.91 Å². The maximum absolute atomic E-state index is 12.4. The molecule has 3 aromatic rings. The van der Waals surface area contributed by atoms with Crippen LogP contribution in [0.2, 0.25) is 0 Å². The second-order valence-corrected chi connectivity index (χ2v) is 6.58. The van der Waals surface area contributed by atoms with E-state index in [1.807, 2.05) is 30.3 Å². The zero-order chi connectivity index (χ0) is 18.6. The van der Waals surface area contributed by atoms with Gasteiger partial charge in [-0.1, -0.05) is 12.1 Å². The average Bonchev–Trinajstić information content (AvgIpc) is 3.23. The highest BCUT2D eigenvalue weighted by atomic mass is 16.3. The largest absolute Gasteiger partial charge is 0.463 e. The number of hydrogen-bond donors (Lipinski definition) is 1. The van der Waals surface area contributed by atoms with Crippen molar-refractivity contribution in [2.24, 2.45) is 0 Å². The molecule has 2 heterocycles. The molecule has 5 nitrogen and oxygen atoms in total. The average molecular weight is 360 g/mol. The van der Waals surface area contributed by atoms with E-state index in [-0.39, 0.29) is 11.3 Å². The third kappa shape index (κ3) is 3.77. The molecular weight excluding hydrogens is 340 g/mol. The first-order chi connectivity index (χ1) is 13.2. The summed E-state index contributed by atoms with van der Waals surface area (Å²) in [4.78, 5) is 26.9. The molecule has 136 valence electrons. The molecule has 2 aromatic carbocycles. The first-order valence-corrected chi connectivity index (χ1v) is 9.05. The first kappa shape index (κ1) is 17.1. The van der Waals surface area contributed by atoms with Gasteiger partial charge in [0.15, 0.2) is 5.43 Å². The van der Waals surface area contributed by atoms with E-state index in [0.717, 1.165) is 18.8 Å². The lowest BCUT2D eigenvalue weighted by Gasteiger charge is -2.17. The number of amides is 1. The van der Waals surface area contributed by atoms with Crippen LogP contribution >= 0.6 is 0 Å². The van der Waals surface area contributed by atoms with Gasteiger partial charge >= 0.3 is 0 Å². The van der Waals surface area contributed by atoms with Gasteiger partial charge in [-0.15, -0.1) is 0 Å². The van der Waals surface area contributed by atoms with Crippen molar-refractivity contribution in [1.82, 2.24) is 0 Å². The molecule has 0 saturated carbocycles. The Morgan fingerprint density at radius 3 is 2.56 bits per heavy atom. The second-order valence-electron chi connectivity index (χ2n) is 6.58. The molecule has 5 heteroatoms. The first-order valence-electron chi connectivity index (χ1n) is 9.05. The number of carbonyl (C=O) groups is 1. The molecule has 0 radical (unpaired) electrons. The lowest BCUT2D eigenvalue weighted by molar-refractivity contribution is -0.111. The number of benzene rings is 2. The minimum Gasteiger partial charge on any atom is -0.463 e. The molecule has 1 amide bonds. The number of nitrogens with zero attached hydrogens (tertiary/aromatic N) is 1. The standard InChI is InChI=1S/C22H20N2O3/c25-21(23-17-8-10-18(11-9-17)24-13-3-4-14-24)12-7-16-15-27-20-6-2-1-5-19(20)22(16)26/h1-2,5-12,15H,3-4,13-14H2,(H,23,25)/b12-7+. The maximum Gasteiger partial charge on any atom is 0.248 e. The van der Waals surface area contributed by atoms with Crippen LogP contribution in [0.4, 0.5) is 11.4 Å². The normalized spacial score (nSPS) is 14.1. The van der Waals surface area contributed by atoms with E-state index in [9.17, 15) is 9.59 Å². The zero-order valence-corrected chi connectivity index (χ0v) is 14.9. The fourth-order valence-electron chi connectivity index (χ4n) is 3.29. The smallest absolute Gasteiger partial charge is 0.248 e. The number of para-hydroxylation sites is 1. The minimum absolute atomic E-state index is 0.157. The van der Waals surface area contributed by atoms with Crippen LogP contribution in [0.15, 0.2) is 70.1 Å². The summed E-state index contributed by atoms with van der Waals surface area (Å²) in [5.74, 6) is -0.295. The van der Waals surface area contributed by atoms with Crippen LogP contribution in [0.25, 0.3) is 17.0 Å². The summed E-state index contributed by atoms with van der Waals surface area (Å²) < 4.78 is 5.45. The van der Waals surface area contributed by atoms with Crippen molar-refractivity contribution in [3.63, 3.8) is 0 Å². The Morgan fingerprint density at radius 2 is 1.78 bits per heavy atom. The monoisotopic (exact) mass is 360 g/mol. The van der Waals surface area contributed by atoms with Crippen molar-refractivity contribution in [3.8, 4) is 0 Å². The number of hydrogen-bond acceptors (Lipinski definition) is 4. The highest BCUT2D eigenvalue weighted by molar-refractivity contribution is 6.02. The van der Waals surface area contributed by atoms with Gasteiger partial charge in [0.05, 0.1) is 10.9 Å². The number of rotatable bonds is 4. The van der Waals surface area contributed by atoms with Gasteiger partial charge < -0.3 is 14.6 Å². The van der Waals surface area contributed by atoms with Crippen molar-refractivity contribution in [2.75, 3.05) is 23.3 Å². The molecular formula is C22H20N2O3. The molecule has 0 bridgehead atoms. The second kappa shape index (κ2) is 7.50. The van der Waals surface area contributed by atoms with Crippen LogP contribution in [0.5, 0.6) is 0 Å². The van der Waals surface area contributed by atoms with Gasteiger partial charge in [-0.3, -0.25) is 9.59 Å². The number of fused-ring (bicyclic) bond motifs is 1. The van der Waals surface area contributed by atoms with Gasteiger partial charge in [-0.25, -0.2) is 0 Å². The summed E-state index contributed by atoms with van der Waals surface area (Å²) in [5, 5.41) is 3.31. The fraction of sp³-hybridized carbons (Fsp3) is 0.182. The van der Waals surface area contributed by atoms with Gasteiger partial charge in [0.1, 0.15) is 11.8 Å². The van der Waals surface area contributed by atoms with Gasteiger partial charge in [0.25, 0.3) is 0 Å². The van der Waals surface area contributed by atoms with Gasteiger partial charge in [-0.05, 0) is 55.3 Å². The summed E-state index contributed by atoms with van der Waals surface area (Å²) in [7, 11) is 0. The number of anilines is 2. The van der Waals surface area contributed by atoms with Crippen LogP contribution in [0.3, 0.4) is 0 Å². The maximum atomic E-state index is 12.4. The van der Waals surface area contributed by atoms with E-state index in [1.54, 1.807) is 18.2 Å². The number of nitrogens with one attached hydrogen (secondary N) is 1. The fourth-order valence-corrected chi connectivity index (χ4v) is 3.29. The summed E-state index contributed by atoms with van der Waals surface area (Å²) in [6.45, 7) is 2.17. The molecule has 0 atom stereocenters. The predicted molar refractivity (Wildman–Crippen MR) is 108 cm³/mol. The molecule has 1 aliphatic heterocycles. The van der Waals surface area contributed by atoms with Crippen LogP contribution in [0.1, 0.15) is 18.4 Å². The molecule has 0 unspecified atom stereocenters. The highest BCUT2D eigenvalue weighted by Crippen LogP contribution is 2.22. The molecule has 1 saturated heterocycles. The van der Waals surface area contributed by atoms with Crippen LogP contribution in [0, 0.1) is 0 Å². The topological polar surface area (TPSA) is 62.6 Å². The Labute approximate surface area is 156 Å². The molecule has 4 rings (SSSR count). The van der Waals surface area contributed by atoms with Crippen molar-refractivity contribution < 1.29 is 9.21 Å². The van der Waals surface area contributed by atoms with E-state index in [4.69, 9.17) is 4.42 Å². The quantitative estimate of drug-likeness (QED) is 0.713. The SMILES string of the molecule is O=C(/C=C/c1coc2ccccc2c1=O)Nc1ccc(N2CCCC2)cc1. The Bertz CT molecular complexity index is 1050. The van der Waals surface area contributed by atoms with Crippen molar-refractivity contribution in [1.29, 1.82) is 0 Å². The van der Waals surface area contributed by atoms with Gasteiger partial charge in [0, 0.05) is 30.5 Å². The Hall–Kier alpha value is -3.34. The van der Waals surface area contributed by atoms with Crippen molar-refractivity contribution in [3.05, 3.63) is 76.7 Å². The van der Waals surface area contributed by atoms with E-state index < -0.39 is 0 Å². The number of carbonyl (C=O) groups excluding carboxylic acids is 1. The highest BCUT2D eigenvalue weighted by Gasteiger charge is 2.12. The molecule has 0 spiro atoms. The van der Waals surface area contributed by atoms with Gasteiger partial charge in [-0.2, -0.15) is 0 Å². The molecule has 1 aliphatic rings. The summed E-state index contributed by atoms with van der Waals surface area (Å²) in [6.07, 6.45) is 6.65. The molecule has 1 aromatic heterocycles. The lowest BCUT2D eigenvalue weighted by atomic mass is 10.1. The lowest BCUT2D eigenvalue weighted by Crippen LogP contribution is -2.17. The third-order valence-electron chi connectivity index (χ3n) is 4.73.